The molecule has 3 rings (SSSR count). The van der Waals surface area contributed by atoms with Gasteiger partial charge in [0, 0.05) is 0 Å². The van der Waals surface area contributed by atoms with Crippen LogP contribution in [0.1, 0.15) is 0 Å². The largest absolute Gasteiger partial charge is 0.534 e. The topological polar surface area (TPSA) is 43.4 Å². The third-order valence-electron chi connectivity index (χ3n) is 3.51. The van der Waals surface area contributed by atoms with Crippen molar-refractivity contribution in [3.8, 4) is 5.75 Å². The lowest BCUT2D eigenvalue weighted by molar-refractivity contribution is -0.0500. The third-order valence-corrected chi connectivity index (χ3v) is 6.72. The van der Waals surface area contributed by atoms with Crippen molar-refractivity contribution in [2.45, 2.75) is 20.2 Å². The number of alkyl halides is 3. The fourth-order valence-corrected chi connectivity index (χ4v) is 4.87. The Labute approximate surface area is 157 Å². The SMILES string of the molecule is O=S(=O)(Oc1ccc([S+](c2ccccc2)c2ccccc2)cc1)C(F)(F)F. The Morgan fingerprint density at radius 2 is 1.07 bits per heavy atom. The maximum atomic E-state index is 12.5. The van der Waals surface area contributed by atoms with Crippen molar-refractivity contribution in [2.24, 2.45) is 0 Å². The summed E-state index contributed by atoms with van der Waals surface area (Å²) in [5.74, 6) is -0.388. The van der Waals surface area contributed by atoms with E-state index in [0.717, 1.165) is 14.7 Å². The second-order valence-electron chi connectivity index (χ2n) is 5.39. The molecule has 0 aromatic heterocycles. The minimum Gasteiger partial charge on any atom is -0.376 e. The maximum Gasteiger partial charge on any atom is 0.534 e. The lowest BCUT2D eigenvalue weighted by atomic mass is 10.3. The summed E-state index contributed by atoms with van der Waals surface area (Å²) in [5.41, 5.74) is -5.47. The molecular weight excluding hydrogens is 397 g/mol. The molecule has 0 aliphatic heterocycles. The first-order valence-electron chi connectivity index (χ1n) is 7.73. The summed E-state index contributed by atoms with van der Waals surface area (Å²) in [7, 11) is -6.18. The molecule has 0 aliphatic carbocycles. The van der Waals surface area contributed by atoms with Gasteiger partial charge in [-0.25, -0.2) is 0 Å². The zero-order chi connectivity index (χ0) is 19.5. The van der Waals surface area contributed by atoms with Crippen LogP contribution in [0, 0.1) is 0 Å². The van der Waals surface area contributed by atoms with E-state index in [4.69, 9.17) is 0 Å². The summed E-state index contributed by atoms with van der Waals surface area (Å²) in [5, 5.41) is 0. The summed E-state index contributed by atoms with van der Waals surface area (Å²) >= 11 is 0. The van der Waals surface area contributed by atoms with Gasteiger partial charge in [0.25, 0.3) is 0 Å². The van der Waals surface area contributed by atoms with Gasteiger partial charge in [-0.15, -0.1) is 0 Å². The maximum absolute atomic E-state index is 12.5. The molecule has 0 unspecified atom stereocenters. The molecule has 140 valence electrons. The average molecular weight is 411 g/mol. The molecule has 0 fully saturated rings. The lowest BCUT2D eigenvalue weighted by Gasteiger charge is -2.10. The van der Waals surface area contributed by atoms with E-state index in [9.17, 15) is 21.6 Å². The minimum absolute atomic E-state index is 0.388. The zero-order valence-corrected chi connectivity index (χ0v) is 15.4. The smallest absolute Gasteiger partial charge is 0.376 e. The van der Waals surface area contributed by atoms with Crippen LogP contribution in [-0.4, -0.2) is 13.9 Å². The molecule has 3 nitrogen and oxygen atoms in total. The van der Waals surface area contributed by atoms with Crippen LogP contribution < -0.4 is 4.18 Å². The van der Waals surface area contributed by atoms with Crippen LogP contribution in [0.15, 0.2) is 99.6 Å². The second kappa shape index (κ2) is 7.66. The third kappa shape index (κ3) is 4.45. The Bertz CT molecular complexity index is 948. The Hall–Kier alpha value is -2.45. The van der Waals surface area contributed by atoms with E-state index in [-0.39, 0.29) is 5.75 Å². The van der Waals surface area contributed by atoms with Crippen LogP contribution >= 0.6 is 0 Å². The van der Waals surface area contributed by atoms with E-state index in [1.807, 2.05) is 60.7 Å². The van der Waals surface area contributed by atoms with E-state index in [1.165, 1.54) is 12.1 Å². The molecule has 0 saturated carbocycles. The number of hydrogen-bond acceptors (Lipinski definition) is 3. The van der Waals surface area contributed by atoms with E-state index < -0.39 is 26.5 Å². The van der Waals surface area contributed by atoms with Gasteiger partial charge < -0.3 is 4.18 Å². The number of halogens is 3. The normalized spacial score (nSPS) is 12.1. The molecule has 0 saturated heterocycles. The molecule has 0 bridgehead atoms. The predicted molar refractivity (Wildman–Crippen MR) is 97.1 cm³/mol. The molecule has 3 aromatic rings. The average Bonchev–Trinajstić information content (AvgIpc) is 2.64. The van der Waals surface area contributed by atoms with Gasteiger partial charge in [0.2, 0.25) is 0 Å². The fraction of sp³-hybridized carbons (Fsp3) is 0.0526. The van der Waals surface area contributed by atoms with Crippen LogP contribution in [0.4, 0.5) is 13.2 Å². The molecule has 0 spiro atoms. The molecule has 3 aromatic carbocycles. The van der Waals surface area contributed by atoms with Crippen LogP contribution in [0.5, 0.6) is 5.75 Å². The monoisotopic (exact) mass is 411 g/mol. The molecule has 8 heteroatoms. The van der Waals surface area contributed by atoms with E-state index in [0.29, 0.717) is 0 Å². The van der Waals surface area contributed by atoms with Gasteiger partial charge in [0.05, 0.1) is 10.9 Å². The van der Waals surface area contributed by atoms with Gasteiger partial charge in [0.15, 0.2) is 14.7 Å². The van der Waals surface area contributed by atoms with Gasteiger partial charge in [-0.05, 0) is 48.5 Å². The lowest BCUT2D eigenvalue weighted by Crippen LogP contribution is -2.28. The predicted octanol–water partition coefficient (Wildman–Crippen LogP) is 5.01. The van der Waals surface area contributed by atoms with Crippen molar-refractivity contribution >= 4 is 21.0 Å². The standard InChI is InChI=1S/C19H14F3O3S2/c20-19(21,22)27(23,24)25-15-11-13-18(14-12-15)26(16-7-3-1-4-8-16)17-9-5-2-6-10-17/h1-14H/q+1. The minimum atomic E-state index is -5.69. The number of rotatable bonds is 5. The first-order valence-corrected chi connectivity index (χ1v) is 10.4. The van der Waals surface area contributed by atoms with Crippen LogP contribution in [-0.2, 0) is 21.0 Å². The number of hydrogen-bond donors (Lipinski definition) is 0. The summed E-state index contributed by atoms with van der Waals surface area (Å²) in [6.45, 7) is 0. The highest BCUT2D eigenvalue weighted by molar-refractivity contribution is 7.97. The summed E-state index contributed by atoms with van der Waals surface area (Å²) in [6, 6.07) is 24.9. The van der Waals surface area contributed by atoms with Gasteiger partial charge in [-0.2, -0.15) is 21.6 Å². The van der Waals surface area contributed by atoms with Crippen molar-refractivity contribution in [3.63, 3.8) is 0 Å². The summed E-state index contributed by atoms with van der Waals surface area (Å²) in [4.78, 5) is 2.88. The van der Waals surface area contributed by atoms with E-state index in [2.05, 4.69) is 4.18 Å². The molecular formula is C19H14F3O3S2+. The van der Waals surface area contributed by atoms with Gasteiger partial charge in [-0.3, -0.25) is 0 Å². The molecule has 27 heavy (non-hydrogen) atoms. The number of benzene rings is 3. The Kier molecular flexibility index (Phi) is 5.48. The highest BCUT2D eigenvalue weighted by atomic mass is 32.2. The van der Waals surface area contributed by atoms with Gasteiger partial charge in [0.1, 0.15) is 5.75 Å². The van der Waals surface area contributed by atoms with Gasteiger partial charge in [-0.1, -0.05) is 36.4 Å². The van der Waals surface area contributed by atoms with Crippen molar-refractivity contribution < 1.29 is 25.8 Å². The van der Waals surface area contributed by atoms with Crippen molar-refractivity contribution in [2.75, 3.05) is 0 Å². The molecule has 0 radical (unpaired) electrons. The highest BCUT2D eigenvalue weighted by Gasteiger charge is 2.48. The molecule has 0 aliphatic rings. The Balaban J connectivity index is 1.95. The Morgan fingerprint density at radius 3 is 1.48 bits per heavy atom. The summed E-state index contributed by atoms with van der Waals surface area (Å²) in [6.07, 6.45) is 0. The summed E-state index contributed by atoms with van der Waals surface area (Å²) < 4.78 is 63.8. The zero-order valence-electron chi connectivity index (χ0n) is 13.8. The molecule has 0 heterocycles. The second-order valence-corrected chi connectivity index (χ2v) is 8.95. The Morgan fingerprint density at radius 1 is 0.667 bits per heavy atom. The molecule has 0 atom stereocenters. The van der Waals surface area contributed by atoms with E-state index in [1.54, 1.807) is 12.1 Å². The van der Waals surface area contributed by atoms with Crippen LogP contribution in [0.3, 0.4) is 0 Å². The first kappa shape index (κ1) is 19.3. The van der Waals surface area contributed by atoms with Crippen molar-refractivity contribution in [1.29, 1.82) is 0 Å². The van der Waals surface area contributed by atoms with Crippen LogP contribution in [0.2, 0.25) is 0 Å². The van der Waals surface area contributed by atoms with Crippen molar-refractivity contribution in [1.82, 2.24) is 0 Å². The highest BCUT2D eigenvalue weighted by Crippen LogP contribution is 2.33. The fourth-order valence-electron chi connectivity index (χ4n) is 2.33. The first-order chi connectivity index (χ1) is 12.8. The molecule has 0 N–H and O–H groups in total. The van der Waals surface area contributed by atoms with Gasteiger partial charge >= 0.3 is 15.6 Å². The van der Waals surface area contributed by atoms with Crippen molar-refractivity contribution in [3.05, 3.63) is 84.9 Å². The van der Waals surface area contributed by atoms with E-state index >= 15 is 0 Å². The van der Waals surface area contributed by atoms with Crippen LogP contribution in [0.25, 0.3) is 0 Å². The quantitative estimate of drug-likeness (QED) is 0.337. The molecule has 0 amide bonds.